The Balaban J connectivity index is 0.809. The zero-order valence-corrected chi connectivity index (χ0v) is 46.5. The number of hydrogen-bond donors (Lipinski definition) is 5. The summed E-state index contributed by atoms with van der Waals surface area (Å²) in [5.74, 6) is -0.873. The molecule has 4 amide bonds. The zero-order chi connectivity index (χ0) is 56.1. The van der Waals surface area contributed by atoms with Gasteiger partial charge in [-0.25, -0.2) is 18.2 Å². The molecule has 0 spiro atoms. The third kappa shape index (κ3) is 15.1. The van der Waals surface area contributed by atoms with Crippen LogP contribution in [0, 0.1) is 12.3 Å². The number of amides is 4. The number of sulfonamides is 1. The van der Waals surface area contributed by atoms with Crippen molar-refractivity contribution in [3.05, 3.63) is 118 Å². The third-order valence-corrected chi connectivity index (χ3v) is 15.1. The number of nitrogens with zero attached hydrogens (tertiary/aromatic N) is 4. The van der Waals surface area contributed by atoms with Crippen molar-refractivity contribution in [3.8, 4) is 27.7 Å². The molecule has 3 atom stereocenters. The molecule has 21 nitrogen and oxygen atoms in total. The van der Waals surface area contributed by atoms with Crippen LogP contribution in [0.5, 0.6) is 17.2 Å². The van der Waals surface area contributed by atoms with Crippen LogP contribution in [0.1, 0.15) is 62.2 Å². The highest BCUT2D eigenvalue weighted by atomic mass is 32.2. The Morgan fingerprint density at radius 1 is 0.846 bits per heavy atom. The Bertz CT molecular complexity index is 3240. The molecule has 3 heterocycles. The molecule has 1 fully saturated rings. The van der Waals surface area contributed by atoms with Crippen molar-refractivity contribution in [1.29, 1.82) is 0 Å². The van der Waals surface area contributed by atoms with E-state index in [1.807, 2.05) is 38.1 Å². The van der Waals surface area contributed by atoms with Gasteiger partial charge < -0.3 is 49.6 Å². The molecule has 3 unspecified atom stereocenters. The molecule has 0 radical (unpaired) electrons. The minimum Gasteiger partial charge on any atom is -0.493 e. The van der Waals surface area contributed by atoms with Crippen molar-refractivity contribution in [1.82, 2.24) is 35.0 Å². The highest BCUT2D eigenvalue weighted by molar-refractivity contribution is 7.92. The summed E-state index contributed by atoms with van der Waals surface area (Å²) in [5, 5.41) is 19.0. The summed E-state index contributed by atoms with van der Waals surface area (Å²) >= 11 is 1.56. The van der Waals surface area contributed by atoms with Crippen LogP contribution in [0.15, 0.2) is 100 Å². The Hall–Kier alpha value is -7.15. The van der Waals surface area contributed by atoms with Gasteiger partial charge in [-0.05, 0) is 66.3 Å². The van der Waals surface area contributed by atoms with E-state index >= 15 is 0 Å². The largest absolute Gasteiger partial charge is 0.493 e. The van der Waals surface area contributed by atoms with E-state index in [0.29, 0.717) is 29.1 Å². The van der Waals surface area contributed by atoms with Crippen molar-refractivity contribution >= 4 is 61.7 Å². The van der Waals surface area contributed by atoms with Crippen molar-refractivity contribution < 1.29 is 56.4 Å². The molecule has 78 heavy (non-hydrogen) atoms. The zero-order valence-electron chi connectivity index (χ0n) is 44.8. The van der Waals surface area contributed by atoms with Gasteiger partial charge in [0.15, 0.2) is 5.75 Å². The minimum absolute atomic E-state index is 0.0529. The van der Waals surface area contributed by atoms with Crippen molar-refractivity contribution in [3.63, 3.8) is 0 Å². The number of imidazole rings is 1. The number of aliphatic hydroxyl groups is 1. The van der Waals surface area contributed by atoms with Gasteiger partial charge in [-0.1, -0.05) is 64.1 Å². The predicted molar refractivity (Wildman–Crippen MR) is 294 cm³/mol. The summed E-state index contributed by atoms with van der Waals surface area (Å²) in [7, 11) is -1.11. The van der Waals surface area contributed by atoms with E-state index in [2.05, 4.69) is 25.7 Å². The van der Waals surface area contributed by atoms with E-state index in [4.69, 9.17) is 23.7 Å². The molecule has 6 aromatic rings. The maximum atomic E-state index is 14.0. The number of aryl methyl sites for hydroxylation is 3. The molecule has 2 aromatic heterocycles. The summed E-state index contributed by atoms with van der Waals surface area (Å²) in [6, 6.07) is 21.4. The number of aromatic nitrogens is 3. The highest BCUT2D eigenvalue weighted by Gasteiger charge is 2.44. The van der Waals surface area contributed by atoms with Crippen molar-refractivity contribution in [2.24, 2.45) is 19.5 Å². The van der Waals surface area contributed by atoms with Crippen molar-refractivity contribution in [2.75, 3.05) is 64.1 Å². The fraction of sp³-hybridized carbons (Fsp3) is 0.418. The van der Waals surface area contributed by atoms with Crippen LogP contribution < -0.4 is 35.8 Å². The summed E-state index contributed by atoms with van der Waals surface area (Å²) in [4.78, 5) is 73.0. The summed E-state index contributed by atoms with van der Waals surface area (Å²) < 4.78 is 61.8. The van der Waals surface area contributed by atoms with Crippen LogP contribution in [0.3, 0.4) is 0 Å². The van der Waals surface area contributed by atoms with E-state index in [0.717, 1.165) is 28.1 Å². The van der Waals surface area contributed by atoms with E-state index in [1.54, 1.807) is 82.0 Å². The molecule has 1 saturated heterocycles. The van der Waals surface area contributed by atoms with Gasteiger partial charge in [0.05, 0.1) is 83.4 Å². The van der Waals surface area contributed by atoms with Crippen LogP contribution in [0.2, 0.25) is 0 Å². The average Bonchev–Trinajstić information content (AvgIpc) is 4.25. The van der Waals surface area contributed by atoms with E-state index in [-0.39, 0.29) is 93.3 Å². The quantitative estimate of drug-likeness (QED) is 0.0433. The minimum atomic E-state index is -4.30. The van der Waals surface area contributed by atoms with Gasteiger partial charge in [0.25, 0.3) is 15.9 Å². The number of anilines is 1. The maximum Gasteiger partial charge on any atom is 0.328 e. The monoisotopic (exact) mass is 1110 g/mol. The standard InChI is InChI=1S/C55H68N8O13S2/c1-8-20-75-40-12-10-13-41(28-40)76-47-30-45-44(61(6)54(69)62(45)7)29-43(47)60-78(70,71)42-14-9-11-38(26-42)51(66)56-19-21-72-22-23-73-24-25-74-33-48(65)59-50(55(3,4)5)53(68)63-32-39(64)27-46(63)52(67)57-31-36-15-17-37(18-16-36)49-35(2)58-34-77-49/h9-18,26,28-30,34,39,46,50,60,64H,8,19-25,27,31-33H2,1-7H3,(H,56,66)(H,57,67)(H,59,65). The second kappa shape index (κ2) is 26.5. The fourth-order valence-corrected chi connectivity index (χ4v) is 10.5. The molecule has 7 rings (SSSR count). The number of β-amino-alcohol motifs (C(OH)–C–C–N with tert-alkyl or cyclic N) is 1. The smallest absolute Gasteiger partial charge is 0.328 e. The van der Waals surface area contributed by atoms with E-state index < -0.39 is 57.3 Å². The summed E-state index contributed by atoms with van der Waals surface area (Å²) in [6.45, 7) is 10.5. The first-order chi connectivity index (χ1) is 37.2. The normalized spacial score (nSPS) is 15.0. The fourth-order valence-electron chi connectivity index (χ4n) is 8.60. The van der Waals surface area contributed by atoms with Gasteiger partial charge >= 0.3 is 5.69 Å². The van der Waals surface area contributed by atoms with Crippen LogP contribution in [-0.2, 0) is 59.3 Å². The number of thiazole rings is 1. The molecular formula is C55H68N8O13S2. The van der Waals surface area contributed by atoms with Gasteiger partial charge in [-0.3, -0.25) is 33.0 Å². The maximum absolute atomic E-state index is 14.0. The number of aliphatic hydroxyl groups excluding tert-OH is 1. The third-order valence-electron chi connectivity index (χ3n) is 12.8. The number of benzene rings is 4. The Labute approximate surface area is 457 Å². The number of carbonyl (C=O) groups is 4. The van der Waals surface area contributed by atoms with Gasteiger partial charge in [-0.15, -0.1) is 11.3 Å². The molecule has 4 aromatic carbocycles. The topological polar surface area (TPSA) is 260 Å². The molecular weight excluding hydrogens is 1040 g/mol. The van der Waals surface area contributed by atoms with Crippen LogP contribution in [0.25, 0.3) is 21.5 Å². The lowest BCUT2D eigenvalue weighted by molar-refractivity contribution is -0.144. The highest BCUT2D eigenvalue weighted by Crippen LogP contribution is 2.36. The summed E-state index contributed by atoms with van der Waals surface area (Å²) in [6.07, 6.45) is -0.0394. The molecule has 23 heteroatoms. The Kier molecular flexibility index (Phi) is 19.9. The lowest BCUT2D eigenvalue weighted by atomic mass is 9.85. The molecule has 0 bridgehead atoms. The van der Waals surface area contributed by atoms with E-state index in [1.165, 1.54) is 44.4 Å². The number of nitrogens with one attached hydrogen (secondary N) is 4. The first-order valence-corrected chi connectivity index (χ1v) is 27.9. The summed E-state index contributed by atoms with van der Waals surface area (Å²) in [5.41, 5.74) is 4.71. The van der Waals surface area contributed by atoms with Crippen LogP contribution in [0.4, 0.5) is 5.69 Å². The first-order valence-electron chi connectivity index (χ1n) is 25.5. The molecule has 1 aliphatic rings. The SMILES string of the molecule is CCCOc1cccc(Oc2cc3c(cc2NS(=O)(=O)c2cccc(C(=O)NCCOCCOCCOCC(=O)NC(C(=O)N4CC(O)CC4C(=O)NCc4ccc(-c5scnc5C)cc4)C(C)(C)C)c2)n(C)c(=O)n3C)c1. The molecule has 5 N–H and O–H groups in total. The predicted octanol–water partition coefficient (Wildman–Crippen LogP) is 5.28. The molecule has 418 valence electrons. The van der Waals surface area contributed by atoms with Gasteiger partial charge in [-0.2, -0.15) is 0 Å². The van der Waals surface area contributed by atoms with E-state index in [9.17, 15) is 37.5 Å². The Morgan fingerprint density at radius 2 is 1.53 bits per heavy atom. The average molecular weight is 1110 g/mol. The van der Waals surface area contributed by atoms with Gasteiger partial charge in [0.2, 0.25) is 17.7 Å². The molecule has 0 saturated carbocycles. The van der Waals surface area contributed by atoms with Gasteiger partial charge in [0, 0.05) is 57.8 Å². The lowest BCUT2D eigenvalue weighted by Crippen LogP contribution is -2.58. The number of hydrogen-bond acceptors (Lipinski definition) is 15. The lowest BCUT2D eigenvalue weighted by Gasteiger charge is -2.35. The van der Waals surface area contributed by atoms with Crippen molar-refractivity contribution in [2.45, 2.75) is 77.1 Å². The van der Waals surface area contributed by atoms with Crippen LogP contribution in [-0.4, -0.2) is 134 Å². The number of fused-ring (bicyclic) bond motifs is 1. The number of likely N-dealkylation sites (tertiary alicyclic amines) is 1. The second-order valence-electron chi connectivity index (χ2n) is 19.8. The van der Waals surface area contributed by atoms with Gasteiger partial charge in [0.1, 0.15) is 30.2 Å². The Morgan fingerprint density at radius 3 is 2.22 bits per heavy atom. The number of carbonyl (C=O) groups excluding carboxylic acids is 4. The second-order valence-corrected chi connectivity index (χ2v) is 22.3. The molecule has 0 aliphatic carbocycles. The molecule has 1 aliphatic heterocycles. The number of ether oxygens (including phenoxy) is 5. The van der Waals surface area contributed by atoms with Crippen LogP contribution >= 0.6 is 11.3 Å². The number of rotatable bonds is 26. The first kappa shape index (κ1) is 58.5.